The van der Waals surface area contributed by atoms with Crippen molar-refractivity contribution in [2.45, 2.75) is 32.7 Å². The maximum absolute atomic E-state index is 11.3. The van der Waals surface area contributed by atoms with Crippen LogP contribution in [0.2, 0.25) is 0 Å². The Morgan fingerprint density at radius 3 is 2.71 bits per heavy atom. The summed E-state index contributed by atoms with van der Waals surface area (Å²) in [5.74, 6) is 0. The first-order valence-corrected chi connectivity index (χ1v) is 5.52. The molecule has 0 aliphatic rings. The lowest BCUT2D eigenvalue weighted by atomic mass is 10.2. The molecule has 0 amide bonds. The number of anilines is 1. The molecule has 78 valence electrons. The number of halogens is 1. The van der Waals surface area contributed by atoms with Crippen LogP contribution in [0.25, 0.3) is 0 Å². The summed E-state index contributed by atoms with van der Waals surface area (Å²) in [6, 6.07) is 0.374. The largest absolute Gasteiger partial charge is 0.394 e. The predicted octanol–water partition coefficient (Wildman–Crippen LogP) is 2.55. The third-order valence-corrected chi connectivity index (χ3v) is 2.81. The van der Waals surface area contributed by atoms with Crippen molar-refractivity contribution in [1.29, 1.82) is 0 Å². The number of pyridine rings is 1. The monoisotopic (exact) mass is 258 g/mol. The summed E-state index contributed by atoms with van der Waals surface area (Å²) in [7, 11) is 0. The summed E-state index contributed by atoms with van der Waals surface area (Å²) >= 11 is 3.20. The van der Waals surface area contributed by atoms with Crippen LogP contribution in [0.1, 0.15) is 32.7 Å². The number of nitrogen functional groups attached to an aromatic ring is 1. The van der Waals surface area contributed by atoms with Gasteiger partial charge < -0.3 is 10.3 Å². The molecular formula is C10H15BrN2O. The van der Waals surface area contributed by atoms with Gasteiger partial charge in [-0.1, -0.05) is 13.3 Å². The Hall–Kier alpha value is -0.770. The highest BCUT2D eigenvalue weighted by Gasteiger charge is 2.06. The third kappa shape index (κ3) is 2.38. The average molecular weight is 259 g/mol. The summed E-state index contributed by atoms with van der Waals surface area (Å²) in [5.41, 5.74) is 5.75. The van der Waals surface area contributed by atoms with Crippen molar-refractivity contribution in [2.24, 2.45) is 0 Å². The molecule has 1 heterocycles. The minimum atomic E-state index is -0.134. The Kier molecular flexibility index (Phi) is 3.75. The molecule has 1 unspecified atom stereocenters. The summed E-state index contributed by atoms with van der Waals surface area (Å²) in [4.78, 5) is 11.3. The number of hydrogen-bond acceptors (Lipinski definition) is 2. The Balaban J connectivity index is 3.06. The van der Waals surface area contributed by atoms with Crippen molar-refractivity contribution in [3.8, 4) is 0 Å². The molecule has 14 heavy (non-hydrogen) atoms. The first-order valence-electron chi connectivity index (χ1n) is 4.73. The second-order valence-electron chi connectivity index (χ2n) is 3.48. The van der Waals surface area contributed by atoms with E-state index < -0.39 is 0 Å². The van der Waals surface area contributed by atoms with Crippen LogP contribution in [-0.4, -0.2) is 4.57 Å². The van der Waals surface area contributed by atoms with Gasteiger partial charge in [-0.3, -0.25) is 4.79 Å². The molecule has 1 atom stereocenters. The number of nitrogens with two attached hydrogens (primary N) is 1. The van der Waals surface area contributed by atoms with Gasteiger partial charge in [0.15, 0.2) is 0 Å². The second-order valence-corrected chi connectivity index (χ2v) is 4.33. The highest BCUT2D eigenvalue weighted by Crippen LogP contribution is 2.15. The molecule has 1 rings (SSSR count). The van der Waals surface area contributed by atoms with E-state index in [1.165, 1.54) is 0 Å². The van der Waals surface area contributed by atoms with Crippen LogP contribution >= 0.6 is 15.9 Å². The minimum Gasteiger partial charge on any atom is -0.394 e. The standard InChI is InChI=1S/C10H15BrN2O/c1-3-4-7(2)13-5-8(11)10(14)9(12)6-13/h5-7H,3-4,12H2,1-2H3. The Bertz CT molecular complexity index is 347. The lowest BCUT2D eigenvalue weighted by Gasteiger charge is -2.15. The Morgan fingerprint density at radius 2 is 2.21 bits per heavy atom. The number of aromatic nitrogens is 1. The quantitative estimate of drug-likeness (QED) is 0.906. The van der Waals surface area contributed by atoms with Crippen LogP contribution in [0, 0.1) is 0 Å². The van der Waals surface area contributed by atoms with Gasteiger partial charge in [-0.05, 0) is 29.3 Å². The van der Waals surface area contributed by atoms with E-state index >= 15 is 0 Å². The third-order valence-electron chi connectivity index (χ3n) is 2.25. The van der Waals surface area contributed by atoms with Crippen molar-refractivity contribution in [3.63, 3.8) is 0 Å². The minimum absolute atomic E-state index is 0.134. The zero-order valence-electron chi connectivity index (χ0n) is 8.46. The molecule has 0 fully saturated rings. The lowest BCUT2D eigenvalue weighted by Crippen LogP contribution is -2.15. The highest BCUT2D eigenvalue weighted by molar-refractivity contribution is 9.10. The van der Waals surface area contributed by atoms with Gasteiger partial charge in [0.2, 0.25) is 5.43 Å². The van der Waals surface area contributed by atoms with Crippen LogP contribution in [0.4, 0.5) is 5.69 Å². The van der Waals surface area contributed by atoms with Crippen molar-refractivity contribution < 1.29 is 0 Å². The molecule has 4 heteroatoms. The fraction of sp³-hybridized carbons (Fsp3) is 0.500. The summed E-state index contributed by atoms with van der Waals surface area (Å²) in [6.45, 7) is 4.25. The van der Waals surface area contributed by atoms with Gasteiger partial charge >= 0.3 is 0 Å². The predicted molar refractivity (Wildman–Crippen MR) is 62.4 cm³/mol. The lowest BCUT2D eigenvalue weighted by molar-refractivity contribution is 0.497. The Labute approximate surface area is 92.1 Å². The summed E-state index contributed by atoms with van der Waals surface area (Å²) in [6.07, 6.45) is 5.69. The zero-order valence-corrected chi connectivity index (χ0v) is 10.0. The molecule has 0 aliphatic carbocycles. The molecule has 0 bridgehead atoms. The smallest absolute Gasteiger partial charge is 0.218 e. The molecule has 3 nitrogen and oxygen atoms in total. The first kappa shape index (κ1) is 11.3. The van der Waals surface area contributed by atoms with E-state index in [0.29, 0.717) is 16.2 Å². The van der Waals surface area contributed by atoms with Crippen LogP contribution in [0.5, 0.6) is 0 Å². The fourth-order valence-electron chi connectivity index (χ4n) is 1.41. The van der Waals surface area contributed by atoms with Gasteiger partial charge in [-0.15, -0.1) is 0 Å². The van der Waals surface area contributed by atoms with Crippen molar-refractivity contribution in [1.82, 2.24) is 4.57 Å². The molecule has 0 spiro atoms. The number of nitrogens with zero attached hydrogens (tertiary/aromatic N) is 1. The zero-order chi connectivity index (χ0) is 10.7. The van der Waals surface area contributed by atoms with Gasteiger partial charge in [-0.25, -0.2) is 0 Å². The van der Waals surface area contributed by atoms with E-state index in [0.717, 1.165) is 12.8 Å². The molecule has 0 saturated carbocycles. The maximum Gasteiger partial charge on any atom is 0.218 e. The van der Waals surface area contributed by atoms with Gasteiger partial charge in [-0.2, -0.15) is 0 Å². The Morgan fingerprint density at radius 1 is 1.57 bits per heavy atom. The van der Waals surface area contributed by atoms with Crippen LogP contribution in [0.15, 0.2) is 21.7 Å². The van der Waals surface area contributed by atoms with Crippen LogP contribution in [-0.2, 0) is 0 Å². The average Bonchev–Trinajstić information content (AvgIpc) is 2.13. The second kappa shape index (κ2) is 4.64. The molecule has 0 aliphatic heterocycles. The van der Waals surface area contributed by atoms with Crippen molar-refractivity contribution in [3.05, 3.63) is 27.1 Å². The number of hydrogen-bond donors (Lipinski definition) is 1. The molecule has 1 aromatic heterocycles. The molecule has 0 radical (unpaired) electrons. The van der Waals surface area contributed by atoms with E-state index in [1.54, 1.807) is 12.4 Å². The van der Waals surface area contributed by atoms with E-state index in [9.17, 15) is 4.79 Å². The van der Waals surface area contributed by atoms with Gasteiger partial charge in [0, 0.05) is 18.4 Å². The number of rotatable bonds is 3. The highest BCUT2D eigenvalue weighted by atomic mass is 79.9. The normalized spacial score (nSPS) is 12.8. The van der Waals surface area contributed by atoms with Gasteiger partial charge in [0.1, 0.15) is 0 Å². The molecular weight excluding hydrogens is 244 g/mol. The molecule has 2 N–H and O–H groups in total. The van der Waals surface area contributed by atoms with Gasteiger partial charge in [0.25, 0.3) is 0 Å². The maximum atomic E-state index is 11.3. The topological polar surface area (TPSA) is 48.0 Å². The first-order chi connectivity index (χ1) is 6.56. The fourth-order valence-corrected chi connectivity index (χ4v) is 1.87. The van der Waals surface area contributed by atoms with Crippen molar-refractivity contribution in [2.75, 3.05) is 5.73 Å². The van der Waals surface area contributed by atoms with Crippen LogP contribution < -0.4 is 11.2 Å². The SMILES string of the molecule is CCCC(C)n1cc(N)c(=O)c(Br)c1. The van der Waals surface area contributed by atoms with Gasteiger partial charge in [0.05, 0.1) is 10.2 Å². The van der Waals surface area contributed by atoms with E-state index in [2.05, 4.69) is 29.8 Å². The van der Waals surface area contributed by atoms with E-state index in [1.807, 2.05) is 4.57 Å². The van der Waals surface area contributed by atoms with E-state index in [4.69, 9.17) is 5.73 Å². The summed E-state index contributed by atoms with van der Waals surface area (Å²) < 4.78 is 2.50. The molecule has 0 saturated heterocycles. The molecule has 0 aromatic carbocycles. The van der Waals surface area contributed by atoms with E-state index in [-0.39, 0.29) is 5.43 Å². The van der Waals surface area contributed by atoms with Crippen LogP contribution in [0.3, 0.4) is 0 Å². The van der Waals surface area contributed by atoms with Crippen molar-refractivity contribution >= 4 is 21.6 Å². The summed E-state index contributed by atoms with van der Waals surface area (Å²) in [5, 5.41) is 0. The molecule has 1 aromatic rings.